The Labute approximate surface area is 127 Å². The molecule has 0 aromatic rings. The fraction of sp³-hybridized carbons (Fsp3) is 0.867. The molecule has 0 saturated carbocycles. The molecule has 21 heavy (non-hydrogen) atoms. The smallest absolute Gasteiger partial charge is 0.409 e. The highest BCUT2D eigenvalue weighted by molar-refractivity contribution is 5.80. The van der Waals surface area contributed by atoms with Crippen molar-refractivity contribution in [3.63, 3.8) is 0 Å². The lowest BCUT2D eigenvalue weighted by Crippen LogP contribution is -2.46. The number of rotatable bonds is 7. The largest absolute Gasteiger partial charge is 0.450 e. The Morgan fingerprint density at radius 3 is 2.62 bits per heavy atom. The molecular formula is C15H29N3O3. The number of nitrogens with zero attached hydrogens (tertiary/aromatic N) is 2. The molecule has 0 radical (unpaired) electrons. The minimum atomic E-state index is -0.307. The van der Waals surface area contributed by atoms with Gasteiger partial charge in [-0.3, -0.25) is 4.79 Å². The molecule has 1 atom stereocenters. The Morgan fingerprint density at radius 2 is 2.00 bits per heavy atom. The van der Waals surface area contributed by atoms with Crippen LogP contribution < -0.4 is 5.32 Å². The maximum Gasteiger partial charge on any atom is 0.409 e. The first-order chi connectivity index (χ1) is 10.1. The number of carbonyl (C=O) groups excluding carboxylic acids is 2. The van der Waals surface area contributed by atoms with E-state index in [0.717, 1.165) is 32.5 Å². The predicted molar refractivity (Wildman–Crippen MR) is 82.1 cm³/mol. The summed E-state index contributed by atoms with van der Waals surface area (Å²) in [5.41, 5.74) is 0. The molecular weight excluding hydrogens is 270 g/mol. The quantitative estimate of drug-likeness (QED) is 0.770. The molecule has 1 unspecified atom stereocenters. The van der Waals surface area contributed by atoms with Crippen molar-refractivity contribution < 1.29 is 14.3 Å². The molecule has 0 spiro atoms. The minimum absolute atomic E-state index is 0.0520. The highest BCUT2D eigenvalue weighted by Crippen LogP contribution is 2.17. The second kappa shape index (κ2) is 9.60. The van der Waals surface area contributed by atoms with Crippen LogP contribution in [0.15, 0.2) is 0 Å². The number of likely N-dealkylation sites (tertiary alicyclic amines) is 1. The average molecular weight is 299 g/mol. The van der Waals surface area contributed by atoms with Crippen LogP contribution in [-0.4, -0.2) is 67.7 Å². The zero-order valence-corrected chi connectivity index (χ0v) is 13.6. The fourth-order valence-electron chi connectivity index (χ4n) is 2.59. The normalized spacial score (nSPS) is 18.7. The van der Waals surface area contributed by atoms with Crippen molar-refractivity contribution in [3.8, 4) is 0 Å². The summed E-state index contributed by atoms with van der Waals surface area (Å²) < 4.78 is 5.00. The van der Waals surface area contributed by atoms with Crippen LogP contribution in [0.2, 0.25) is 0 Å². The van der Waals surface area contributed by atoms with Gasteiger partial charge in [0.05, 0.1) is 12.5 Å². The zero-order chi connectivity index (χ0) is 15.7. The number of piperidine rings is 1. The van der Waals surface area contributed by atoms with Gasteiger partial charge in [-0.05, 0) is 32.9 Å². The number of likely N-dealkylation sites (N-methyl/N-ethyl adjacent to an activating group) is 1. The van der Waals surface area contributed by atoms with Gasteiger partial charge in [0.15, 0.2) is 0 Å². The molecule has 1 fully saturated rings. The summed E-state index contributed by atoms with van der Waals surface area (Å²) in [6, 6.07) is 0. The lowest BCUT2D eigenvalue weighted by molar-refractivity contribution is -0.126. The van der Waals surface area contributed by atoms with E-state index in [1.807, 2.05) is 0 Å². The van der Waals surface area contributed by atoms with Crippen molar-refractivity contribution in [2.75, 3.05) is 45.9 Å². The third kappa shape index (κ3) is 5.91. The maximum absolute atomic E-state index is 12.2. The van der Waals surface area contributed by atoms with Crippen molar-refractivity contribution in [1.29, 1.82) is 0 Å². The van der Waals surface area contributed by atoms with E-state index in [1.54, 1.807) is 11.8 Å². The summed E-state index contributed by atoms with van der Waals surface area (Å²) in [5.74, 6) is -0.0592. The van der Waals surface area contributed by atoms with Gasteiger partial charge in [0.2, 0.25) is 5.91 Å². The highest BCUT2D eigenvalue weighted by atomic mass is 16.6. The van der Waals surface area contributed by atoms with E-state index < -0.39 is 0 Å². The number of nitrogens with one attached hydrogen (secondary N) is 1. The van der Waals surface area contributed by atoms with Crippen LogP contribution >= 0.6 is 0 Å². The van der Waals surface area contributed by atoms with Crippen molar-refractivity contribution in [3.05, 3.63) is 0 Å². The molecule has 0 bridgehead atoms. The van der Waals surface area contributed by atoms with Gasteiger partial charge in [-0.25, -0.2) is 4.79 Å². The van der Waals surface area contributed by atoms with Crippen LogP contribution in [0.5, 0.6) is 0 Å². The number of amides is 2. The molecule has 1 heterocycles. The molecule has 1 rings (SSSR count). The van der Waals surface area contributed by atoms with Gasteiger partial charge in [0.25, 0.3) is 0 Å². The third-order valence-corrected chi connectivity index (χ3v) is 3.94. The molecule has 6 heteroatoms. The second-order valence-electron chi connectivity index (χ2n) is 5.30. The maximum atomic E-state index is 12.2. The SMILES string of the molecule is CCOC(=O)N1CCCC(C(=O)NCCN(CC)CC)C1. The Hall–Kier alpha value is -1.30. The van der Waals surface area contributed by atoms with Crippen LogP contribution in [0.4, 0.5) is 4.79 Å². The van der Waals surface area contributed by atoms with Crippen molar-refractivity contribution >= 4 is 12.0 Å². The van der Waals surface area contributed by atoms with Gasteiger partial charge in [-0.2, -0.15) is 0 Å². The molecule has 1 saturated heterocycles. The standard InChI is InChI=1S/C15H29N3O3/c1-4-17(5-2)11-9-16-14(19)13-8-7-10-18(12-13)15(20)21-6-3/h13H,4-12H2,1-3H3,(H,16,19). The average Bonchev–Trinajstić information content (AvgIpc) is 2.51. The lowest BCUT2D eigenvalue weighted by Gasteiger charge is -2.31. The topological polar surface area (TPSA) is 61.9 Å². The zero-order valence-electron chi connectivity index (χ0n) is 13.6. The van der Waals surface area contributed by atoms with E-state index >= 15 is 0 Å². The molecule has 1 aliphatic rings. The van der Waals surface area contributed by atoms with Crippen molar-refractivity contribution in [1.82, 2.24) is 15.1 Å². The van der Waals surface area contributed by atoms with E-state index in [0.29, 0.717) is 26.2 Å². The summed E-state index contributed by atoms with van der Waals surface area (Å²) >= 11 is 0. The Balaban J connectivity index is 2.34. The molecule has 2 amide bonds. The van der Waals surface area contributed by atoms with Gasteiger partial charge in [-0.15, -0.1) is 0 Å². The summed E-state index contributed by atoms with van der Waals surface area (Å²) in [6.07, 6.45) is 1.39. The molecule has 122 valence electrons. The third-order valence-electron chi connectivity index (χ3n) is 3.94. The number of carbonyl (C=O) groups is 2. The first-order valence-electron chi connectivity index (χ1n) is 8.04. The molecule has 0 aromatic heterocycles. The van der Waals surface area contributed by atoms with Crippen LogP contribution in [0.25, 0.3) is 0 Å². The van der Waals surface area contributed by atoms with Crippen LogP contribution in [-0.2, 0) is 9.53 Å². The molecule has 0 aliphatic carbocycles. The van der Waals surface area contributed by atoms with Crippen LogP contribution in [0, 0.1) is 5.92 Å². The van der Waals surface area contributed by atoms with Crippen molar-refractivity contribution in [2.24, 2.45) is 5.92 Å². The number of ether oxygens (including phenoxy) is 1. The lowest BCUT2D eigenvalue weighted by atomic mass is 9.97. The van der Waals surface area contributed by atoms with Gasteiger partial charge < -0.3 is 19.9 Å². The number of hydrogen-bond acceptors (Lipinski definition) is 4. The van der Waals surface area contributed by atoms with Crippen LogP contribution in [0.3, 0.4) is 0 Å². The molecule has 1 aliphatic heterocycles. The van der Waals surface area contributed by atoms with E-state index in [-0.39, 0.29) is 17.9 Å². The second-order valence-corrected chi connectivity index (χ2v) is 5.30. The summed E-state index contributed by atoms with van der Waals surface area (Å²) in [6.45, 7) is 11.1. The van der Waals surface area contributed by atoms with E-state index in [1.165, 1.54) is 0 Å². The fourth-order valence-corrected chi connectivity index (χ4v) is 2.59. The monoisotopic (exact) mass is 299 g/mol. The van der Waals surface area contributed by atoms with Crippen molar-refractivity contribution in [2.45, 2.75) is 33.6 Å². The van der Waals surface area contributed by atoms with E-state index in [9.17, 15) is 9.59 Å². The summed E-state index contributed by atoms with van der Waals surface area (Å²) in [7, 11) is 0. The van der Waals surface area contributed by atoms with E-state index in [2.05, 4.69) is 24.1 Å². The predicted octanol–water partition coefficient (Wildman–Crippen LogP) is 1.31. The van der Waals surface area contributed by atoms with E-state index in [4.69, 9.17) is 4.74 Å². The Kier molecular flexibility index (Phi) is 8.12. The Morgan fingerprint density at radius 1 is 1.29 bits per heavy atom. The molecule has 6 nitrogen and oxygen atoms in total. The minimum Gasteiger partial charge on any atom is -0.450 e. The number of hydrogen-bond donors (Lipinski definition) is 1. The van der Waals surface area contributed by atoms with Gasteiger partial charge in [0.1, 0.15) is 0 Å². The summed E-state index contributed by atoms with van der Waals surface area (Å²) in [4.78, 5) is 27.8. The molecule has 1 N–H and O–H groups in total. The van der Waals surface area contributed by atoms with Crippen LogP contribution in [0.1, 0.15) is 33.6 Å². The first kappa shape index (κ1) is 17.8. The molecule has 0 aromatic carbocycles. The first-order valence-corrected chi connectivity index (χ1v) is 8.04. The summed E-state index contributed by atoms with van der Waals surface area (Å²) in [5, 5.41) is 2.98. The highest BCUT2D eigenvalue weighted by Gasteiger charge is 2.28. The van der Waals surface area contributed by atoms with Gasteiger partial charge in [-0.1, -0.05) is 13.8 Å². The van der Waals surface area contributed by atoms with Gasteiger partial charge >= 0.3 is 6.09 Å². The Bertz CT molecular complexity index is 332. The van der Waals surface area contributed by atoms with Gasteiger partial charge in [0, 0.05) is 26.2 Å².